The number of thiophene rings is 1. The third kappa shape index (κ3) is 5.13. The summed E-state index contributed by atoms with van der Waals surface area (Å²) in [5.41, 5.74) is 0. The van der Waals surface area contributed by atoms with E-state index < -0.39 is 0 Å². The van der Waals surface area contributed by atoms with Crippen molar-refractivity contribution in [3.8, 4) is 0 Å². The number of amides is 1. The van der Waals surface area contributed by atoms with Crippen LogP contribution >= 0.6 is 23.7 Å². The molecule has 1 aromatic rings. The van der Waals surface area contributed by atoms with Crippen LogP contribution in [0, 0.1) is 0 Å². The molecule has 1 fully saturated rings. The van der Waals surface area contributed by atoms with Gasteiger partial charge in [-0.25, -0.2) is 0 Å². The molecule has 1 aliphatic heterocycles. The zero-order chi connectivity index (χ0) is 12.8. The van der Waals surface area contributed by atoms with Crippen LogP contribution < -0.4 is 5.32 Å². The Bertz CT molecular complexity index is 364. The first-order chi connectivity index (χ1) is 8.77. The highest BCUT2D eigenvalue weighted by Crippen LogP contribution is 2.15. The summed E-state index contributed by atoms with van der Waals surface area (Å²) in [7, 11) is 1.96. The normalized spacial score (nSPS) is 15.8. The monoisotopic (exact) mass is 302 g/mol. The Labute approximate surface area is 125 Å². The lowest BCUT2D eigenvalue weighted by molar-refractivity contribution is -0.132. The maximum atomic E-state index is 12.1. The number of hydrogen-bond donors (Lipinski definition) is 1. The first kappa shape index (κ1) is 16.5. The molecule has 1 aliphatic rings. The topological polar surface area (TPSA) is 32.3 Å². The molecule has 1 amide bonds. The van der Waals surface area contributed by atoms with Crippen molar-refractivity contribution in [2.75, 3.05) is 20.1 Å². The molecule has 0 aliphatic carbocycles. The summed E-state index contributed by atoms with van der Waals surface area (Å²) in [6.07, 6.45) is 4.86. The number of halogens is 1. The highest BCUT2D eigenvalue weighted by atomic mass is 35.5. The Morgan fingerprint density at radius 1 is 1.47 bits per heavy atom. The van der Waals surface area contributed by atoms with Gasteiger partial charge >= 0.3 is 0 Å². The Morgan fingerprint density at radius 3 is 2.84 bits per heavy atom. The minimum Gasteiger partial charge on any atom is -0.343 e. The van der Waals surface area contributed by atoms with E-state index in [2.05, 4.69) is 22.8 Å². The molecule has 0 saturated carbocycles. The molecular weight excluding hydrogens is 280 g/mol. The lowest BCUT2D eigenvalue weighted by atomic mass is 10.0. The van der Waals surface area contributed by atoms with Gasteiger partial charge in [-0.1, -0.05) is 6.07 Å². The third-order valence-corrected chi connectivity index (χ3v) is 4.58. The van der Waals surface area contributed by atoms with Gasteiger partial charge in [0.2, 0.25) is 5.91 Å². The van der Waals surface area contributed by atoms with Gasteiger partial charge in [0.05, 0.1) is 0 Å². The lowest BCUT2D eigenvalue weighted by Gasteiger charge is -2.31. The number of piperidine rings is 1. The Kier molecular flexibility index (Phi) is 7.42. The van der Waals surface area contributed by atoms with Gasteiger partial charge in [0.1, 0.15) is 0 Å². The van der Waals surface area contributed by atoms with E-state index in [1.807, 2.05) is 11.9 Å². The molecule has 0 spiro atoms. The molecular formula is C14H23ClN2OS. The molecule has 0 bridgehead atoms. The fourth-order valence-corrected chi connectivity index (χ4v) is 3.19. The van der Waals surface area contributed by atoms with Gasteiger partial charge in [-0.2, -0.15) is 0 Å². The first-order valence-electron chi connectivity index (χ1n) is 6.76. The molecule has 0 radical (unpaired) electrons. The molecule has 108 valence electrons. The minimum atomic E-state index is 0. The maximum absolute atomic E-state index is 12.1. The van der Waals surface area contributed by atoms with Gasteiger partial charge in [-0.3, -0.25) is 4.79 Å². The van der Waals surface area contributed by atoms with E-state index in [0.29, 0.717) is 18.4 Å². The highest BCUT2D eigenvalue weighted by Gasteiger charge is 2.21. The van der Waals surface area contributed by atoms with Crippen molar-refractivity contribution < 1.29 is 4.79 Å². The molecule has 1 aromatic heterocycles. The number of hydrogen-bond acceptors (Lipinski definition) is 3. The van der Waals surface area contributed by atoms with Crippen molar-refractivity contribution in [1.82, 2.24) is 10.2 Å². The number of nitrogens with one attached hydrogen (secondary N) is 1. The molecule has 19 heavy (non-hydrogen) atoms. The summed E-state index contributed by atoms with van der Waals surface area (Å²) < 4.78 is 0. The van der Waals surface area contributed by atoms with E-state index in [-0.39, 0.29) is 12.4 Å². The van der Waals surface area contributed by atoms with Crippen molar-refractivity contribution in [3.63, 3.8) is 0 Å². The largest absolute Gasteiger partial charge is 0.343 e. The zero-order valence-corrected chi connectivity index (χ0v) is 13.1. The lowest BCUT2D eigenvalue weighted by Crippen LogP contribution is -2.43. The minimum absolute atomic E-state index is 0. The van der Waals surface area contributed by atoms with Gasteiger partial charge in [0, 0.05) is 24.4 Å². The van der Waals surface area contributed by atoms with Crippen molar-refractivity contribution in [2.24, 2.45) is 0 Å². The van der Waals surface area contributed by atoms with Crippen LogP contribution in [0.15, 0.2) is 17.5 Å². The molecule has 0 aromatic carbocycles. The summed E-state index contributed by atoms with van der Waals surface area (Å²) in [5, 5.41) is 5.43. The van der Waals surface area contributed by atoms with E-state index in [0.717, 1.165) is 38.8 Å². The molecule has 1 N–H and O–H groups in total. The van der Waals surface area contributed by atoms with Gasteiger partial charge in [-0.05, 0) is 50.2 Å². The van der Waals surface area contributed by atoms with Crippen LogP contribution in [0.3, 0.4) is 0 Å². The maximum Gasteiger partial charge on any atom is 0.222 e. The van der Waals surface area contributed by atoms with E-state index in [1.54, 1.807) is 11.3 Å². The van der Waals surface area contributed by atoms with Crippen LogP contribution in [0.4, 0.5) is 0 Å². The highest BCUT2D eigenvalue weighted by molar-refractivity contribution is 7.09. The fourth-order valence-electron chi connectivity index (χ4n) is 2.44. The average Bonchev–Trinajstić information content (AvgIpc) is 2.92. The van der Waals surface area contributed by atoms with Crippen molar-refractivity contribution in [2.45, 2.75) is 38.1 Å². The summed E-state index contributed by atoms with van der Waals surface area (Å²) in [5.74, 6) is 0.304. The fraction of sp³-hybridized carbons (Fsp3) is 0.643. The molecule has 2 rings (SSSR count). The van der Waals surface area contributed by atoms with E-state index in [9.17, 15) is 4.79 Å². The molecule has 5 heteroatoms. The predicted octanol–water partition coefficient (Wildman–Crippen LogP) is 2.70. The molecule has 3 nitrogen and oxygen atoms in total. The summed E-state index contributed by atoms with van der Waals surface area (Å²) in [6, 6.07) is 4.66. The van der Waals surface area contributed by atoms with E-state index in [1.165, 1.54) is 4.88 Å². The van der Waals surface area contributed by atoms with Gasteiger partial charge in [0.15, 0.2) is 0 Å². The van der Waals surface area contributed by atoms with Gasteiger partial charge in [-0.15, -0.1) is 23.7 Å². The second-order valence-electron chi connectivity index (χ2n) is 4.92. The van der Waals surface area contributed by atoms with Crippen LogP contribution in [-0.2, 0) is 11.2 Å². The number of carbonyl (C=O) groups excluding carboxylic acids is 1. The zero-order valence-electron chi connectivity index (χ0n) is 11.4. The second-order valence-corrected chi connectivity index (χ2v) is 5.95. The predicted molar refractivity (Wildman–Crippen MR) is 83.2 cm³/mol. The van der Waals surface area contributed by atoms with Gasteiger partial charge in [0.25, 0.3) is 0 Å². The van der Waals surface area contributed by atoms with Gasteiger partial charge < -0.3 is 10.2 Å². The Balaban J connectivity index is 0.00000180. The third-order valence-electron chi connectivity index (χ3n) is 3.64. The SMILES string of the molecule is CN(C(=O)CCCc1cccs1)C1CCNCC1.Cl. The van der Waals surface area contributed by atoms with E-state index >= 15 is 0 Å². The molecule has 1 saturated heterocycles. The van der Waals surface area contributed by atoms with Crippen LogP contribution in [0.1, 0.15) is 30.6 Å². The first-order valence-corrected chi connectivity index (χ1v) is 7.64. The van der Waals surface area contributed by atoms with E-state index in [4.69, 9.17) is 0 Å². The Morgan fingerprint density at radius 2 is 2.21 bits per heavy atom. The second kappa shape index (κ2) is 8.56. The number of carbonyl (C=O) groups is 1. The van der Waals surface area contributed by atoms with Crippen molar-refractivity contribution in [1.29, 1.82) is 0 Å². The standard InChI is InChI=1S/C14H22N2OS.ClH/c1-16(12-7-9-15-10-8-12)14(17)6-2-4-13-5-3-11-18-13;/h3,5,11-12,15H,2,4,6-10H2,1H3;1H. The molecule has 0 unspecified atom stereocenters. The molecule has 2 heterocycles. The smallest absolute Gasteiger partial charge is 0.222 e. The van der Waals surface area contributed by atoms with Crippen LogP contribution in [0.25, 0.3) is 0 Å². The number of rotatable bonds is 5. The number of aryl methyl sites for hydroxylation is 1. The van der Waals surface area contributed by atoms with Crippen molar-refractivity contribution >= 4 is 29.7 Å². The van der Waals surface area contributed by atoms with Crippen LogP contribution in [0.5, 0.6) is 0 Å². The average molecular weight is 303 g/mol. The van der Waals surface area contributed by atoms with Crippen LogP contribution in [-0.4, -0.2) is 37.0 Å². The summed E-state index contributed by atoms with van der Waals surface area (Å²) in [4.78, 5) is 15.4. The number of nitrogens with zero attached hydrogens (tertiary/aromatic N) is 1. The quantitative estimate of drug-likeness (QED) is 0.907. The molecule has 0 atom stereocenters. The Hall–Kier alpha value is -0.580. The van der Waals surface area contributed by atoms with Crippen molar-refractivity contribution in [3.05, 3.63) is 22.4 Å². The van der Waals surface area contributed by atoms with Crippen LogP contribution in [0.2, 0.25) is 0 Å². The summed E-state index contributed by atoms with van der Waals surface area (Å²) >= 11 is 1.78. The summed E-state index contributed by atoms with van der Waals surface area (Å²) in [6.45, 7) is 2.08.